The van der Waals surface area contributed by atoms with Crippen molar-refractivity contribution in [2.75, 3.05) is 12.3 Å². The molecule has 1 fully saturated rings. The molecule has 1 aliphatic heterocycles. The SMILES string of the molecule is CCCC1CCCCN1S(=O)(=O)c1cc(N)c(C)cc1Cl. The summed E-state index contributed by atoms with van der Waals surface area (Å²) in [6.45, 7) is 4.46. The van der Waals surface area contributed by atoms with Crippen LogP contribution in [0.1, 0.15) is 44.6 Å². The summed E-state index contributed by atoms with van der Waals surface area (Å²) in [4.78, 5) is 0.135. The van der Waals surface area contributed by atoms with Crippen LogP contribution >= 0.6 is 11.6 Å². The first-order chi connectivity index (χ1) is 9.87. The van der Waals surface area contributed by atoms with Crippen molar-refractivity contribution in [1.29, 1.82) is 0 Å². The van der Waals surface area contributed by atoms with Gasteiger partial charge in [0.25, 0.3) is 0 Å². The van der Waals surface area contributed by atoms with E-state index in [4.69, 9.17) is 17.3 Å². The van der Waals surface area contributed by atoms with E-state index in [0.717, 1.165) is 37.7 Å². The molecule has 21 heavy (non-hydrogen) atoms. The van der Waals surface area contributed by atoms with Gasteiger partial charge in [0.1, 0.15) is 4.90 Å². The van der Waals surface area contributed by atoms with Gasteiger partial charge in [-0.15, -0.1) is 0 Å². The fourth-order valence-electron chi connectivity index (χ4n) is 2.90. The predicted molar refractivity (Wildman–Crippen MR) is 87.0 cm³/mol. The number of nitrogens with two attached hydrogens (primary N) is 1. The van der Waals surface area contributed by atoms with Gasteiger partial charge in [-0.2, -0.15) is 4.31 Å². The highest BCUT2D eigenvalue weighted by Crippen LogP contribution is 2.33. The minimum Gasteiger partial charge on any atom is -0.398 e. The lowest BCUT2D eigenvalue weighted by atomic mass is 10.0. The largest absolute Gasteiger partial charge is 0.398 e. The zero-order chi connectivity index (χ0) is 15.6. The van der Waals surface area contributed by atoms with Crippen LogP contribution in [0.15, 0.2) is 17.0 Å². The third-order valence-electron chi connectivity index (χ3n) is 4.10. The number of halogens is 1. The quantitative estimate of drug-likeness (QED) is 0.858. The first-order valence-corrected chi connectivity index (χ1v) is 9.27. The average Bonchev–Trinajstić information content (AvgIpc) is 2.43. The molecule has 0 aromatic heterocycles. The van der Waals surface area contributed by atoms with E-state index in [1.807, 2.05) is 6.92 Å². The van der Waals surface area contributed by atoms with Crippen molar-refractivity contribution < 1.29 is 8.42 Å². The number of benzene rings is 1. The zero-order valence-electron chi connectivity index (χ0n) is 12.6. The van der Waals surface area contributed by atoms with Crippen LogP contribution in [0.5, 0.6) is 0 Å². The molecule has 0 bridgehead atoms. The summed E-state index contributed by atoms with van der Waals surface area (Å²) in [5.41, 5.74) is 7.12. The first-order valence-electron chi connectivity index (χ1n) is 7.45. The van der Waals surface area contributed by atoms with Gasteiger partial charge in [0, 0.05) is 18.3 Å². The molecule has 1 aromatic carbocycles. The van der Waals surface area contributed by atoms with E-state index < -0.39 is 10.0 Å². The average molecular weight is 331 g/mol. The van der Waals surface area contributed by atoms with Crippen molar-refractivity contribution in [3.8, 4) is 0 Å². The summed E-state index contributed by atoms with van der Waals surface area (Å²) in [7, 11) is -3.58. The van der Waals surface area contributed by atoms with Crippen LogP contribution in [-0.4, -0.2) is 25.3 Å². The number of anilines is 1. The Labute approximate surface area is 132 Å². The Balaban J connectivity index is 2.43. The number of hydrogen-bond acceptors (Lipinski definition) is 3. The van der Waals surface area contributed by atoms with Gasteiger partial charge in [0.15, 0.2) is 0 Å². The van der Waals surface area contributed by atoms with Gasteiger partial charge in [-0.05, 0) is 43.9 Å². The molecule has 1 aliphatic rings. The van der Waals surface area contributed by atoms with Gasteiger partial charge in [-0.25, -0.2) is 8.42 Å². The molecular formula is C15H23ClN2O2S. The van der Waals surface area contributed by atoms with Gasteiger partial charge in [0.05, 0.1) is 5.02 Å². The van der Waals surface area contributed by atoms with Gasteiger partial charge in [0.2, 0.25) is 10.0 Å². The zero-order valence-corrected chi connectivity index (χ0v) is 14.2. The minimum absolute atomic E-state index is 0.0762. The van der Waals surface area contributed by atoms with E-state index >= 15 is 0 Å². The normalized spacial score (nSPS) is 20.6. The molecule has 118 valence electrons. The number of hydrogen-bond donors (Lipinski definition) is 1. The highest BCUT2D eigenvalue weighted by atomic mass is 35.5. The molecule has 0 spiro atoms. The molecule has 0 saturated carbocycles. The molecule has 1 aromatic rings. The Morgan fingerprint density at radius 1 is 1.38 bits per heavy atom. The van der Waals surface area contributed by atoms with E-state index in [1.165, 1.54) is 6.07 Å². The number of rotatable bonds is 4. The maximum atomic E-state index is 12.9. The van der Waals surface area contributed by atoms with Crippen LogP contribution < -0.4 is 5.73 Å². The number of sulfonamides is 1. The predicted octanol–water partition coefficient (Wildman–Crippen LogP) is 3.57. The van der Waals surface area contributed by atoms with E-state index in [1.54, 1.807) is 10.4 Å². The van der Waals surface area contributed by atoms with Crippen LogP contribution in [0.3, 0.4) is 0 Å². The first kappa shape index (κ1) is 16.6. The van der Waals surface area contributed by atoms with E-state index in [2.05, 4.69) is 6.92 Å². The Morgan fingerprint density at radius 2 is 2.10 bits per heavy atom. The molecule has 0 amide bonds. The molecule has 2 rings (SSSR count). The van der Waals surface area contributed by atoms with E-state index in [-0.39, 0.29) is 16.0 Å². The van der Waals surface area contributed by atoms with Crippen LogP contribution in [0.25, 0.3) is 0 Å². The van der Waals surface area contributed by atoms with E-state index in [0.29, 0.717) is 12.2 Å². The second-order valence-electron chi connectivity index (χ2n) is 5.69. The summed E-state index contributed by atoms with van der Waals surface area (Å²) < 4.78 is 27.5. The molecule has 0 aliphatic carbocycles. The summed E-state index contributed by atoms with van der Waals surface area (Å²) in [5.74, 6) is 0. The van der Waals surface area contributed by atoms with Gasteiger partial charge in [-0.1, -0.05) is 31.4 Å². The minimum atomic E-state index is -3.58. The lowest BCUT2D eigenvalue weighted by Crippen LogP contribution is -2.43. The Bertz CT molecular complexity index is 614. The highest BCUT2D eigenvalue weighted by Gasteiger charge is 2.34. The summed E-state index contributed by atoms with van der Waals surface area (Å²) >= 11 is 6.17. The fraction of sp³-hybridized carbons (Fsp3) is 0.600. The van der Waals surface area contributed by atoms with Gasteiger partial charge in [-0.3, -0.25) is 0 Å². The van der Waals surface area contributed by atoms with Crippen molar-refractivity contribution in [1.82, 2.24) is 4.31 Å². The second kappa shape index (κ2) is 6.55. The summed E-state index contributed by atoms with van der Waals surface area (Å²) in [6, 6.07) is 3.19. The van der Waals surface area contributed by atoms with E-state index in [9.17, 15) is 8.42 Å². The maximum absolute atomic E-state index is 12.9. The Morgan fingerprint density at radius 3 is 2.76 bits per heavy atom. The molecule has 1 unspecified atom stereocenters. The summed E-state index contributed by atoms with van der Waals surface area (Å²) in [5, 5.41) is 0.252. The topological polar surface area (TPSA) is 63.4 Å². The lowest BCUT2D eigenvalue weighted by molar-refractivity contribution is 0.239. The number of aryl methyl sites for hydroxylation is 1. The Kier molecular flexibility index (Phi) is 5.17. The molecule has 1 saturated heterocycles. The molecule has 1 atom stereocenters. The third kappa shape index (κ3) is 3.35. The van der Waals surface area contributed by atoms with Crippen LogP contribution in [-0.2, 0) is 10.0 Å². The van der Waals surface area contributed by atoms with Crippen LogP contribution in [0.4, 0.5) is 5.69 Å². The lowest BCUT2D eigenvalue weighted by Gasteiger charge is -2.34. The maximum Gasteiger partial charge on any atom is 0.244 e. The number of nitrogens with zero attached hydrogens (tertiary/aromatic N) is 1. The van der Waals surface area contributed by atoms with Crippen LogP contribution in [0.2, 0.25) is 5.02 Å². The fourth-order valence-corrected chi connectivity index (χ4v) is 5.22. The molecule has 6 heteroatoms. The summed E-state index contributed by atoms with van der Waals surface area (Å²) in [6.07, 6.45) is 4.77. The van der Waals surface area contributed by atoms with Crippen LogP contribution in [0, 0.1) is 6.92 Å². The number of nitrogen functional groups attached to an aromatic ring is 1. The monoisotopic (exact) mass is 330 g/mol. The highest BCUT2D eigenvalue weighted by molar-refractivity contribution is 7.89. The van der Waals surface area contributed by atoms with Crippen molar-refractivity contribution in [2.45, 2.75) is 56.9 Å². The molecule has 2 N–H and O–H groups in total. The number of piperidine rings is 1. The second-order valence-corrected chi connectivity index (χ2v) is 7.96. The smallest absolute Gasteiger partial charge is 0.244 e. The van der Waals surface area contributed by atoms with Crippen molar-refractivity contribution in [3.05, 3.63) is 22.7 Å². The van der Waals surface area contributed by atoms with Crippen molar-refractivity contribution >= 4 is 27.3 Å². The van der Waals surface area contributed by atoms with Crippen molar-refractivity contribution in [3.63, 3.8) is 0 Å². The standard InChI is InChI=1S/C15H23ClN2O2S/c1-3-6-12-7-4-5-8-18(12)21(19,20)15-10-14(17)11(2)9-13(15)16/h9-10,12H,3-8,17H2,1-2H3. The van der Waals surface area contributed by atoms with Crippen molar-refractivity contribution in [2.24, 2.45) is 0 Å². The third-order valence-corrected chi connectivity index (χ3v) is 6.52. The Hall–Kier alpha value is -0.780. The molecule has 0 radical (unpaired) electrons. The van der Waals surface area contributed by atoms with Gasteiger partial charge < -0.3 is 5.73 Å². The molecule has 1 heterocycles. The molecule has 4 nitrogen and oxygen atoms in total. The molecular weight excluding hydrogens is 308 g/mol. The van der Waals surface area contributed by atoms with Gasteiger partial charge >= 0.3 is 0 Å².